The molecule has 1 saturated heterocycles. The van der Waals surface area contributed by atoms with Crippen LogP contribution in [0.4, 0.5) is 8.78 Å². The van der Waals surface area contributed by atoms with Crippen LogP contribution in [0.1, 0.15) is 25.2 Å². The summed E-state index contributed by atoms with van der Waals surface area (Å²) in [7, 11) is 1.96. The minimum Gasteiger partial charge on any atom is -0.317 e. The number of halogens is 2. The largest absolute Gasteiger partial charge is 0.319 e. The van der Waals surface area contributed by atoms with E-state index < -0.39 is 6.55 Å². The van der Waals surface area contributed by atoms with Crippen molar-refractivity contribution in [3.63, 3.8) is 0 Å². The molecule has 0 aromatic carbocycles. The Kier molecular flexibility index (Phi) is 4.66. The molecule has 1 aromatic heterocycles. The Morgan fingerprint density at radius 1 is 1.50 bits per heavy atom. The third kappa shape index (κ3) is 3.49. The fourth-order valence-corrected chi connectivity index (χ4v) is 2.46. The maximum Gasteiger partial charge on any atom is 0.319 e. The molecule has 1 aliphatic rings. The first kappa shape index (κ1) is 13.4. The summed E-state index contributed by atoms with van der Waals surface area (Å²) in [6, 6.07) is 0. The van der Waals surface area contributed by atoms with E-state index in [9.17, 15) is 8.78 Å². The number of piperidine rings is 1. The van der Waals surface area contributed by atoms with Crippen molar-refractivity contribution in [2.45, 2.75) is 25.9 Å². The summed E-state index contributed by atoms with van der Waals surface area (Å²) in [4.78, 5) is 6.08. The lowest BCUT2D eigenvalue weighted by Crippen LogP contribution is -2.34. The minimum absolute atomic E-state index is 0.432. The van der Waals surface area contributed by atoms with Gasteiger partial charge in [-0.2, -0.15) is 8.78 Å². The Morgan fingerprint density at radius 3 is 2.89 bits per heavy atom. The van der Waals surface area contributed by atoms with Crippen molar-refractivity contribution in [3.8, 4) is 0 Å². The van der Waals surface area contributed by atoms with Crippen LogP contribution in [0.3, 0.4) is 0 Å². The molecule has 4 nitrogen and oxygen atoms in total. The minimum atomic E-state index is -2.50. The smallest absolute Gasteiger partial charge is 0.317 e. The summed E-state index contributed by atoms with van der Waals surface area (Å²) in [6.45, 7) is 1.03. The van der Waals surface area contributed by atoms with Crippen LogP contribution in [0.5, 0.6) is 0 Å². The van der Waals surface area contributed by atoms with Crippen LogP contribution in [0, 0.1) is 5.92 Å². The summed E-state index contributed by atoms with van der Waals surface area (Å²) < 4.78 is 26.3. The fourth-order valence-electron chi connectivity index (χ4n) is 2.46. The van der Waals surface area contributed by atoms with Crippen LogP contribution >= 0.6 is 0 Å². The van der Waals surface area contributed by atoms with E-state index in [2.05, 4.69) is 15.2 Å². The van der Waals surface area contributed by atoms with Crippen molar-refractivity contribution < 1.29 is 8.78 Å². The van der Waals surface area contributed by atoms with Crippen LogP contribution in [0.15, 0.2) is 12.4 Å². The molecule has 0 radical (unpaired) electrons. The SMILES string of the molecule is CN(Cc1nccn1C(F)F)CC1CCNCC1. The predicted octanol–water partition coefficient (Wildman–Crippen LogP) is 1.71. The van der Waals surface area contributed by atoms with Gasteiger partial charge in [0.2, 0.25) is 0 Å². The van der Waals surface area contributed by atoms with Crippen molar-refractivity contribution in [3.05, 3.63) is 18.2 Å². The van der Waals surface area contributed by atoms with Gasteiger partial charge in [0.1, 0.15) is 5.82 Å². The van der Waals surface area contributed by atoms with E-state index in [1.54, 1.807) is 0 Å². The van der Waals surface area contributed by atoms with Gasteiger partial charge in [0.25, 0.3) is 0 Å². The van der Waals surface area contributed by atoms with Crippen LogP contribution < -0.4 is 5.32 Å². The van der Waals surface area contributed by atoms with Gasteiger partial charge >= 0.3 is 6.55 Å². The maximum absolute atomic E-state index is 12.7. The molecule has 0 bridgehead atoms. The number of nitrogens with zero attached hydrogens (tertiary/aromatic N) is 3. The molecule has 6 heteroatoms. The molecule has 0 atom stereocenters. The van der Waals surface area contributed by atoms with Gasteiger partial charge in [0.15, 0.2) is 0 Å². The monoisotopic (exact) mass is 258 g/mol. The summed E-state index contributed by atoms with van der Waals surface area (Å²) in [5, 5.41) is 3.32. The number of rotatable bonds is 5. The zero-order valence-corrected chi connectivity index (χ0v) is 10.6. The van der Waals surface area contributed by atoms with Gasteiger partial charge in [0.05, 0.1) is 6.54 Å². The lowest BCUT2D eigenvalue weighted by atomic mass is 9.98. The molecular formula is C12H20F2N4. The molecule has 102 valence electrons. The Labute approximate surface area is 106 Å². The average molecular weight is 258 g/mol. The Morgan fingerprint density at radius 2 is 2.22 bits per heavy atom. The number of imidazole rings is 1. The van der Waals surface area contributed by atoms with Crippen molar-refractivity contribution in [1.82, 2.24) is 19.8 Å². The highest BCUT2D eigenvalue weighted by Gasteiger charge is 2.17. The summed E-state index contributed by atoms with van der Waals surface area (Å²) in [5.41, 5.74) is 0. The van der Waals surface area contributed by atoms with Crippen LogP contribution in [0.25, 0.3) is 0 Å². The molecule has 18 heavy (non-hydrogen) atoms. The first-order valence-corrected chi connectivity index (χ1v) is 6.36. The number of aromatic nitrogens is 2. The molecule has 2 heterocycles. The molecule has 0 amide bonds. The lowest BCUT2D eigenvalue weighted by Gasteiger charge is -2.27. The van der Waals surface area contributed by atoms with Crippen molar-refractivity contribution in [2.75, 3.05) is 26.7 Å². The highest BCUT2D eigenvalue weighted by atomic mass is 19.3. The first-order chi connectivity index (χ1) is 8.66. The summed E-state index contributed by atoms with van der Waals surface area (Å²) in [6.07, 6.45) is 5.08. The van der Waals surface area contributed by atoms with E-state index in [1.807, 2.05) is 7.05 Å². The molecule has 1 fully saturated rings. The van der Waals surface area contributed by atoms with Crippen LogP contribution in [-0.4, -0.2) is 41.1 Å². The van der Waals surface area contributed by atoms with Gasteiger partial charge in [-0.3, -0.25) is 9.47 Å². The summed E-state index contributed by atoms with van der Waals surface area (Å²) in [5.74, 6) is 1.09. The van der Waals surface area contributed by atoms with Gasteiger partial charge in [-0.25, -0.2) is 4.98 Å². The Hall–Kier alpha value is -1.01. The van der Waals surface area contributed by atoms with Gasteiger partial charge in [0, 0.05) is 18.9 Å². The highest BCUT2D eigenvalue weighted by Crippen LogP contribution is 2.16. The average Bonchev–Trinajstić information content (AvgIpc) is 2.78. The molecule has 1 N–H and O–H groups in total. The zero-order valence-electron chi connectivity index (χ0n) is 10.6. The molecular weight excluding hydrogens is 238 g/mol. The molecule has 0 saturated carbocycles. The standard InChI is InChI=1S/C12H20F2N4/c1-17(8-10-2-4-15-5-3-10)9-11-16-6-7-18(11)12(13)14/h6-7,10,12,15H,2-5,8-9H2,1H3. The van der Waals surface area contributed by atoms with E-state index >= 15 is 0 Å². The Balaban J connectivity index is 1.86. The number of nitrogens with one attached hydrogen (secondary N) is 1. The fraction of sp³-hybridized carbons (Fsp3) is 0.750. The maximum atomic E-state index is 12.7. The second-order valence-electron chi connectivity index (χ2n) is 4.92. The second-order valence-corrected chi connectivity index (χ2v) is 4.92. The first-order valence-electron chi connectivity index (χ1n) is 6.36. The van der Waals surface area contributed by atoms with E-state index in [4.69, 9.17) is 0 Å². The molecule has 0 unspecified atom stereocenters. The molecule has 0 spiro atoms. The lowest BCUT2D eigenvalue weighted by molar-refractivity contribution is 0.0640. The van der Waals surface area contributed by atoms with E-state index in [-0.39, 0.29) is 0 Å². The van der Waals surface area contributed by atoms with Gasteiger partial charge in [-0.05, 0) is 38.9 Å². The van der Waals surface area contributed by atoms with E-state index in [0.29, 0.717) is 18.3 Å². The van der Waals surface area contributed by atoms with Crippen LogP contribution in [0.2, 0.25) is 0 Å². The number of hydrogen-bond donors (Lipinski definition) is 1. The van der Waals surface area contributed by atoms with E-state index in [1.165, 1.54) is 12.4 Å². The van der Waals surface area contributed by atoms with Crippen molar-refractivity contribution >= 4 is 0 Å². The van der Waals surface area contributed by atoms with Crippen LogP contribution in [-0.2, 0) is 6.54 Å². The number of hydrogen-bond acceptors (Lipinski definition) is 3. The molecule has 2 rings (SSSR count). The Bertz CT molecular complexity index is 361. The van der Waals surface area contributed by atoms with Crippen molar-refractivity contribution in [2.24, 2.45) is 5.92 Å². The molecule has 0 aliphatic carbocycles. The normalized spacial score (nSPS) is 17.8. The van der Waals surface area contributed by atoms with Gasteiger partial charge < -0.3 is 5.32 Å². The topological polar surface area (TPSA) is 33.1 Å². The zero-order chi connectivity index (χ0) is 13.0. The quantitative estimate of drug-likeness (QED) is 0.873. The predicted molar refractivity (Wildman–Crippen MR) is 65.4 cm³/mol. The third-order valence-electron chi connectivity index (χ3n) is 3.40. The van der Waals surface area contributed by atoms with Gasteiger partial charge in [-0.15, -0.1) is 0 Å². The van der Waals surface area contributed by atoms with E-state index in [0.717, 1.165) is 37.0 Å². The third-order valence-corrected chi connectivity index (χ3v) is 3.40. The van der Waals surface area contributed by atoms with Crippen molar-refractivity contribution in [1.29, 1.82) is 0 Å². The molecule has 1 aromatic rings. The molecule has 1 aliphatic heterocycles. The second kappa shape index (κ2) is 6.24. The summed E-state index contributed by atoms with van der Waals surface area (Å²) >= 11 is 0. The highest BCUT2D eigenvalue weighted by molar-refractivity contribution is 4.92. The number of alkyl halides is 2. The van der Waals surface area contributed by atoms with Gasteiger partial charge in [-0.1, -0.05) is 0 Å².